The van der Waals surface area contributed by atoms with E-state index in [1.807, 2.05) is 0 Å². The zero-order chi connectivity index (χ0) is 26.7. The molecule has 4 atom stereocenters. The summed E-state index contributed by atoms with van der Waals surface area (Å²) in [4.78, 5) is 78.3. The number of carbonyl (C=O) groups excluding carboxylic acids is 4. The monoisotopic (exact) mass is 497 g/mol. The normalized spacial score (nSPS) is 14.3. The number of H-pyrrole nitrogens is 1. The van der Waals surface area contributed by atoms with Crippen molar-refractivity contribution >= 4 is 35.6 Å². The van der Waals surface area contributed by atoms with E-state index in [1.54, 1.807) is 13.8 Å². The highest BCUT2D eigenvalue weighted by atomic mass is 16.4. The number of imidazole rings is 1. The van der Waals surface area contributed by atoms with E-state index >= 15 is 0 Å². The molecule has 194 valence electrons. The van der Waals surface area contributed by atoms with E-state index in [4.69, 9.17) is 16.6 Å². The van der Waals surface area contributed by atoms with Crippen molar-refractivity contribution in [1.29, 1.82) is 0 Å². The van der Waals surface area contributed by atoms with Crippen molar-refractivity contribution in [2.75, 3.05) is 0 Å². The van der Waals surface area contributed by atoms with Crippen molar-refractivity contribution in [1.82, 2.24) is 25.9 Å². The molecule has 4 unspecified atom stereocenters. The molecule has 0 aliphatic rings. The number of primary amides is 1. The van der Waals surface area contributed by atoms with Crippen LogP contribution in [0.2, 0.25) is 0 Å². The van der Waals surface area contributed by atoms with Crippen LogP contribution in [-0.2, 0) is 35.2 Å². The fraction of sp³-hybridized carbons (Fsp3) is 0.550. The van der Waals surface area contributed by atoms with Gasteiger partial charge in [-0.05, 0) is 12.3 Å². The van der Waals surface area contributed by atoms with E-state index in [0.717, 1.165) is 0 Å². The number of carboxylic acids is 2. The lowest BCUT2D eigenvalue weighted by atomic mass is 10.0. The van der Waals surface area contributed by atoms with Crippen LogP contribution < -0.4 is 27.4 Å². The molecule has 35 heavy (non-hydrogen) atoms. The SMILES string of the molecule is CC(C)C(NC(=O)C(CCC(=O)O)NC(=O)C(Cc1cnc[nH]1)NC(=O)C(N)CC(N)=O)C(=O)O. The molecular formula is C20H31N7O8. The number of nitrogens with two attached hydrogens (primary N) is 2. The number of rotatable bonds is 15. The molecule has 10 N–H and O–H groups in total. The van der Waals surface area contributed by atoms with E-state index in [9.17, 15) is 33.9 Å². The lowest BCUT2D eigenvalue weighted by Crippen LogP contribution is -2.58. The maximum Gasteiger partial charge on any atom is 0.326 e. The summed E-state index contributed by atoms with van der Waals surface area (Å²) in [7, 11) is 0. The number of hydrogen-bond acceptors (Lipinski definition) is 8. The first-order valence-corrected chi connectivity index (χ1v) is 10.7. The van der Waals surface area contributed by atoms with Crippen molar-refractivity contribution in [3.05, 3.63) is 18.2 Å². The Morgan fingerprint density at radius 3 is 2.09 bits per heavy atom. The predicted molar refractivity (Wildman–Crippen MR) is 119 cm³/mol. The van der Waals surface area contributed by atoms with Crippen LogP contribution in [0.25, 0.3) is 0 Å². The number of aliphatic carboxylic acids is 2. The Hall–Kier alpha value is -4.01. The number of nitrogens with zero attached hydrogens (tertiary/aromatic N) is 1. The largest absolute Gasteiger partial charge is 0.481 e. The van der Waals surface area contributed by atoms with Crippen LogP contribution in [0, 0.1) is 5.92 Å². The molecule has 0 fully saturated rings. The van der Waals surface area contributed by atoms with Gasteiger partial charge in [0, 0.05) is 24.7 Å². The van der Waals surface area contributed by atoms with Gasteiger partial charge in [-0.15, -0.1) is 0 Å². The molecule has 15 nitrogen and oxygen atoms in total. The van der Waals surface area contributed by atoms with Crippen LogP contribution in [-0.4, -0.2) is 79.9 Å². The molecule has 0 aromatic carbocycles. The third kappa shape index (κ3) is 10.2. The molecule has 0 bridgehead atoms. The fourth-order valence-electron chi connectivity index (χ4n) is 2.99. The minimum absolute atomic E-state index is 0.113. The highest BCUT2D eigenvalue weighted by molar-refractivity contribution is 5.95. The summed E-state index contributed by atoms with van der Waals surface area (Å²) in [5, 5.41) is 25.4. The lowest BCUT2D eigenvalue weighted by Gasteiger charge is -2.25. The zero-order valence-corrected chi connectivity index (χ0v) is 19.3. The molecule has 15 heteroatoms. The Morgan fingerprint density at radius 2 is 1.60 bits per heavy atom. The third-order valence-electron chi connectivity index (χ3n) is 4.88. The van der Waals surface area contributed by atoms with Gasteiger partial charge in [0.25, 0.3) is 0 Å². The summed E-state index contributed by atoms with van der Waals surface area (Å²) in [5.41, 5.74) is 11.1. The maximum absolute atomic E-state index is 13.0. The van der Waals surface area contributed by atoms with Gasteiger partial charge in [-0.25, -0.2) is 9.78 Å². The summed E-state index contributed by atoms with van der Waals surface area (Å²) < 4.78 is 0. The van der Waals surface area contributed by atoms with Crippen molar-refractivity contribution in [3.63, 3.8) is 0 Å². The van der Waals surface area contributed by atoms with E-state index in [1.165, 1.54) is 12.5 Å². The maximum atomic E-state index is 13.0. The number of carboxylic acid groups (broad SMARTS) is 2. The number of aromatic amines is 1. The predicted octanol–water partition coefficient (Wildman–Crippen LogP) is -2.79. The molecule has 1 aromatic heterocycles. The summed E-state index contributed by atoms with van der Waals surface area (Å²) in [6.07, 6.45) is 1.30. The van der Waals surface area contributed by atoms with Crippen LogP contribution in [0.1, 0.15) is 38.8 Å². The highest BCUT2D eigenvalue weighted by Gasteiger charge is 2.32. The Labute approximate surface area is 200 Å². The molecule has 0 radical (unpaired) electrons. The van der Waals surface area contributed by atoms with Crippen molar-refractivity contribution in [2.24, 2.45) is 17.4 Å². The highest BCUT2D eigenvalue weighted by Crippen LogP contribution is 2.07. The average molecular weight is 498 g/mol. The van der Waals surface area contributed by atoms with Gasteiger partial charge < -0.3 is 42.6 Å². The molecule has 4 amide bonds. The number of hydrogen-bond donors (Lipinski definition) is 8. The van der Waals surface area contributed by atoms with Gasteiger partial charge in [0.1, 0.15) is 18.1 Å². The van der Waals surface area contributed by atoms with Gasteiger partial charge in [-0.3, -0.25) is 24.0 Å². The molecule has 0 saturated carbocycles. The Kier molecular flexibility index (Phi) is 11.3. The van der Waals surface area contributed by atoms with Crippen LogP contribution in [0.4, 0.5) is 0 Å². The van der Waals surface area contributed by atoms with Crippen LogP contribution in [0.15, 0.2) is 12.5 Å². The van der Waals surface area contributed by atoms with E-state index in [-0.39, 0.29) is 12.8 Å². The quantitative estimate of drug-likeness (QED) is 0.123. The number of aromatic nitrogens is 2. The van der Waals surface area contributed by atoms with Gasteiger partial charge in [0.15, 0.2) is 0 Å². The average Bonchev–Trinajstić information content (AvgIpc) is 3.26. The Bertz CT molecular complexity index is 919. The molecule has 0 aliphatic carbocycles. The second-order valence-corrected chi connectivity index (χ2v) is 8.18. The minimum atomic E-state index is -1.42. The van der Waals surface area contributed by atoms with Crippen LogP contribution in [0.3, 0.4) is 0 Å². The van der Waals surface area contributed by atoms with E-state index in [0.29, 0.717) is 5.69 Å². The first-order chi connectivity index (χ1) is 16.3. The minimum Gasteiger partial charge on any atom is -0.481 e. The molecule has 1 heterocycles. The summed E-state index contributed by atoms with van der Waals surface area (Å²) >= 11 is 0. The van der Waals surface area contributed by atoms with Gasteiger partial charge >= 0.3 is 11.9 Å². The zero-order valence-electron chi connectivity index (χ0n) is 19.3. The lowest BCUT2D eigenvalue weighted by molar-refractivity contribution is -0.144. The number of amides is 4. The first kappa shape index (κ1) is 29.0. The standard InChI is InChI=1S/C20H31N7O8/c1-9(2)16(20(34)35)27-18(32)12(3-4-15(29)30)25-19(33)13(5-10-7-23-8-24-10)26-17(31)11(21)6-14(22)28/h7-9,11-13,16H,3-6,21H2,1-2H3,(H2,22,28)(H,23,24)(H,25,33)(H,26,31)(H,27,32)(H,29,30)(H,34,35). The summed E-state index contributed by atoms with van der Waals surface area (Å²) in [6.45, 7) is 3.13. The van der Waals surface area contributed by atoms with Crippen LogP contribution >= 0.6 is 0 Å². The molecule has 0 aliphatic heterocycles. The topological polar surface area (TPSA) is 260 Å². The van der Waals surface area contributed by atoms with Gasteiger partial charge in [0.2, 0.25) is 23.6 Å². The van der Waals surface area contributed by atoms with Crippen molar-refractivity contribution in [3.8, 4) is 0 Å². The summed E-state index contributed by atoms with van der Waals surface area (Å²) in [6, 6.07) is -5.33. The number of carbonyl (C=O) groups is 6. The molecule has 1 aromatic rings. The second kappa shape index (κ2) is 13.6. The van der Waals surface area contributed by atoms with Crippen LogP contribution in [0.5, 0.6) is 0 Å². The molecule has 0 spiro atoms. The smallest absolute Gasteiger partial charge is 0.326 e. The van der Waals surface area contributed by atoms with Gasteiger partial charge in [0.05, 0.1) is 18.8 Å². The van der Waals surface area contributed by atoms with Crippen molar-refractivity contribution in [2.45, 2.75) is 63.7 Å². The summed E-state index contributed by atoms with van der Waals surface area (Å²) in [5.74, 6) is -6.50. The van der Waals surface area contributed by atoms with E-state index < -0.39 is 78.5 Å². The molecule has 0 saturated heterocycles. The number of nitrogens with one attached hydrogen (secondary N) is 4. The van der Waals surface area contributed by atoms with Crippen molar-refractivity contribution < 1.29 is 39.0 Å². The molecule has 1 rings (SSSR count). The van der Waals surface area contributed by atoms with Gasteiger partial charge in [-0.2, -0.15) is 0 Å². The van der Waals surface area contributed by atoms with E-state index in [2.05, 4.69) is 25.9 Å². The first-order valence-electron chi connectivity index (χ1n) is 10.7. The fourth-order valence-corrected chi connectivity index (χ4v) is 2.99. The Balaban J connectivity index is 3.09. The van der Waals surface area contributed by atoms with Gasteiger partial charge in [-0.1, -0.05) is 13.8 Å². The molecular weight excluding hydrogens is 466 g/mol. The third-order valence-corrected chi connectivity index (χ3v) is 4.88. The Morgan fingerprint density at radius 1 is 1.00 bits per heavy atom. The second-order valence-electron chi connectivity index (χ2n) is 8.18.